The fraction of sp³-hybridized carbons (Fsp3) is 0.500. The number of aromatic carboxylic acids is 1. The maximum atomic E-state index is 11.6. The van der Waals surface area contributed by atoms with Crippen LogP contribution in [0.4, 0.5) is 10.5 Å². The number of amides is 2. The van der Waals surface area contributed by atoms with Gasteiger partial charge in [-0.25, -0.2) is 9.59 Å². The van der Waals surface area contributed by atoms with E-state index in [0.29, 0.717) is 17.9 Å². The molecule has 0 bridgehead atoms. The Balaban J connectivity index is 1.86. The topological polar surface area (TPSA) is 94.2 Å². The Labute approximate surface area is 105 Å². The number of nitrogens with one attached hydrogen (secondary N) is 3. The fourth-order valence-corrected chi connectivity index (χ4v) is 1.82. The van der Waals surface area contributed by atoms with Crippen LogP contribution >= 0.6 is 0 Å². The Bertz CT molecular complexity index is 463. The fourth-order valence-electron chi connectivity index (χ4n) is 1.82. The molecule has 0 radical (unpaired) electrons. The van der Waals surface area contributed by atoms with Crippen molar-refractivity contribution in [2.45, 2.75) is 26.2 Å². The number of H-pyrrole nitrogens is 1. The van der Waals surface area contributed by atoms with Crippen LogP contribution in [0.25, 0.3) is 0 Å². The van der Waals surface area contributed by atoms with E-state index in [1.54, 1.807) is 13.0 Å². The number of carbonyl (C=O) groups excluding carboxylic acids is 1. The van der Waals surface area contributed by atoms with E-state index in [2.05, 4.69) is 15.6 Å². The van der Waals surface area contributed by atoms with E-state index >= 15 is 0 Å². The molecule has 0 atom stereocenters. The minimum atomic E-state index is -1.09. The van der Waals surface area contributed by atoms with Crippen LogP contribution in [0.1, 0.15) is 35.4 Å². The average molecular weight is 251 g/mol. The van der Waals surface area contributed by atoms with Crippen LogP contribution in [0.15, 0.2) is 6.07 Å². The highest BCUT2D eigenvalue weighted by Crippen LogP contribution is 2.31. The zero-order valence-corrected chi connectivity index (χ0v) is 10.2. The van der Waals surface area contributed by atoms with Gasteiger partial charge in [0.15, 0.2) is 0 Å². The number of aromatic nitrogens is 1. The summed E-state index contributed by atoms with van der Waals surface area (Å²) in [4.78, 5) is 25.2. The second-order valence-electron chi connectivity index (χ2n) is 4.66. The second kappa shape index (κ2) is 5.12. The summed E-state index contributed by atoms with van der Waals surface area (Å²) in [6.45, 7) is 2.37. The molecule has 1 aromatic rings. The molecular formula is C12H17N3O3. The van der Waals surface area contributed by atoms with Crippen LogP contribution in [0.3, 0.4) is 0 Å². The van der Waals surface area contributed by atoms with Crippen molar-refractivity contribution in [1.82, 2.24) is 10.3 Å². The van der Waals surface area contributed by atoms with E-state index in [1.165, 1.54) is 12.8 Å². The van der Waals surface area contributed by atoms with Gasteiger partial charge in [-0.1, -0.05) is 12.8 Å². The van der Waals surface area contributed by atoms with Crippen molar-refractivity contribution in [3.05, 3.63) is 17.5 Å². The molecule has 1 aliphatic carbocycles. The van der Waals surface area contributed by atoms with Gasteiger partial charge in [0.2, 0.25) is 0 Å². The predicted octanol–water partition coefficient (Wildman–Crippen LogP) is 1.94. The third-order valence-electron chi connectivity index (χ3n) is 2.95. The van der Waals surface area contributed by atoms with Crippen molar-refractivity contribution >= 4 is 17.7 Å². The van der Waals surface area contributed by atoms with Crippen LogP contribution < -0.4 is 10.6 Å². The first kappa shape index (κ1) is 12.5. The van der Waals surface area contributed by atoms with Crippen LogP contribution in [-0.2, 0) is 0 Å². The second-order valence-corrected chi connectivity index (χ2v) is 4.66. The van der Waals surface area contributed by atoms with Crippen molar-refractivity contribution in [3.63, 3.8) is 0 Å². The lowest BCUT2D eigenvalue weighted by Gasteiger charge is -2.06. The highest BCUT2D eigenvalue weighted by Gasteiger charge is 2.21. The summed E-state index contributed by atoms with van der Waals surface area (Å²) in [6, 6.07) is 1.24. The molecule has 98 valence electrons. The van der Waals surface area contributed by atoms with E-state index in [9.17, 15) is 9.59 Å². The molecule has 1 fully saturated rings. The van der Waals surface area contributed by atoms with Gasteiger partial charge in [0.25, 0.3) is 0 Å². The number of hydrogen-bond acceptors (Lipinski definition) is 2. The molecule has 2 rings (SSSR count). The number of aromatic amines is 1. The molecule has 0 aromatic carbocycles. The molecule has 0 saturated heterocycles. The molecule has 0 unspecified atom stereocenters. The molecule has 4 N–H and O–H groups in total. The van der Waals surface area contributed by atoms with Crippen molar-refractivity contribution in [3.8, 4) is 0 Å². The lowest BCUT2D eigenvalue weighted by atomic mass is 10.3. The summed E-state index contributed by atoms with van der Waals surface area (Å²) in [5, 5.41) is 14.2. The zero-order valence-electron chi connectivity index (χ0n) is 10.2. The normalized spacial score (nSPS) is 14.3. The number of aryl methyl sites for hydroxylation is 1. The lowest BCUT2D eigenvalue weighted by molar-refractivity contribution is 0.0692. The molecule has 1 aliphatic rings. The number of urea groups is 1. The summed E-state index contributed by atoms with van der Waals surface area (Å²) < 4.78 is 0. The van der Waals surface area contributed by atoms with Gasteiger partial charge in [-0.2, -0.15) is 0 Å². The first-order valence-corrected chi connectivity index (χ1v) is 6.04. The zero-order chi connectivity index (χ0) is 13.1. The number of hydrogen-bond donors (Lipinski definition) is 4. The number of carboxylic acids is 1. The Hall–Kier alpha value is -1.98. The molecule has 1 aromatic heterocycles. The maximum absolute atomic E-state index is 11.6. The lowest BCUT2D eigenvalue weighted by Crippen LogP contribution is -2.30. The largest absolute Gasteiger partial charge is 0.477 e. The van der Waals surface area contributed by atoms with Crippen molar-refractivity contribution < 1.29 is 14.7 Å². The maximum Gasteiger partial charge on any atom is 0.354 e. The van der Waals surface area contributed by atoms with Gasteiger partial charge in [-0.05, 0) is 25.3 Å². The molecule has 2 amide bonds. The summed E-state index contributed by atoms with van der Waals surface area (Å²) in [5.74, 6) is -0.328. The molecule has 1 saturated carbocycles. The third kappa shape index (κ3) is 3.26. The van der Waals surface area contributed by atoms with Crippen molar-refractivity contribution in [2.75, 3.05) is 11.9 Å². The summed E-state index contributed by atoms with van der Waals surface area (Å²) in [5.41, 5.74) is 0.995. The van der Waals surface area contributed by atoms with Gasteiger partial charge in [0.05, 0.1) is 5.69 Å². The molecule has 6 nitrogen and oxygen atoms in total. The van der Waals surface area contributed by atoms with E-state index in [1.807, 2.05) is 0 Å². The molecular weight excluding hydrogens is 234 g/mol. The van der Waals surface area contributed by atoms with Gasteiger partial charge in [-0.15, -0.1) is 0 Å². The smallest absolute Gasteiger partial charge is 0.354 e. The van der Waals surface area contributed by atoms with Crippen molar-refractivity contribution in [2.24, 2.45) is 5.92 Å². The van der Waals surface area contributed by atoms with Gasteiger partial charge in [0, 0.05) is 12.2 Å². The van der Waals surface area contributed by atoms with Crippen LogP contribution in [0, 0.1) is 12.8 Å². The van der Waals surface area contributed by atoms with E-state index in [4.69, 9.17) is 5.11 Å². The van der Waals surface area contributed by atoms with Crippen LogP contribution in [0.2, 0.25) is 0 Å². The number of anilines is 1. The Morgan fingerprint density at radius 2 is 2.22 bits per heavy atom. The molecule has 0 spiro atoms. The molecule has 0 aliphatic heterocycles. The molecule has 6 heteroatoms. The standard InChI is InChI=1S/C12H17N3O3/c1-7-6-9(10(14-7)11(16)17)15-12(18)13-5-4-8-2-3-8/h6,8,14H,2-5H2,1H3,(H,16,17)(H2,13,15,18). The summed E-state index contributed by atoms with van der Waals surface area (Å²) in [7, 11) is 0. The molecule has 18 heavy (non-hydrogen) atoms. The van der Waals surface area contributed by atoms with Gasteiger partial charge in [0.1, 0.15) is 5.69 Å². The number of rotatable bonds is 5. The molecule has 1 heterocycles. The minimum absolute atomic E-state index is 0.00448. The predicted molar refractivity (Wildman–Crippen MR) is 66.9 cm³/mol. The Morgan fingerprint density at radius 3 is 2.83 bits per heavy atom. The Kier molecular flexibility index (Phi) is 3.55. The minimum Gasteiger partial charge on any atom is -0.477 e. The SMILES string of the molecule is Cc1cc(NC(=O)NCCC2CC2)c(C(=O)O)[nH]1. The van der Waals surface area contributed by atoms with E-state index < -0.39 is 5.97 Å². The third-order valence-corrected chi connectivity index (χ3v) is 2.95. The van der Waals surface area contributed by atoms with Crippen LogP contribution in [0.5, 0.6) is 0 Å². The highest BCUT2D eigenvalue weighted by molar-refractivity contribution is 5.99. The summed E-state index contributed by atoms with van der Waals surface area (Å²) in [6.07, 6.45) is 3.50. The van der Waals surface area contributed by atoms with E-state index in [-0.39, 0.29) is 11.7 Å². The van der Waals surface area contributed by atoms with Gasteiger partial charge in [-0.3, -0.25) is 0 Å². The monoisotopic (exact) mass is 251 g/mol. The van der Waals surface area contributed by atoms with Gasteiger partial charge < -0.3 is 20.7 Å². The first-order chi connectivity index (χ1) is 8.56. The van der Waals surface area contributed by atoms with Crippen molar-refractivity contribution in [1.29, 1.82) is 0 Å². The first-order valence-electron chi connectivity index (χ1n) is 6.04. The number of carboxylic acid groups (broad SMARTS) is 1. The van der Waals surface area contributed by atoms with Gasteiger partial charge >= 0.3 is 12.0 Å². The quantitative estimate of drug-likeness (QED) is 0.644. The average Bonchev–Trinajstić information content (AvgIpc) is 3.02. The Morgan fingerprint density at radius 1 is 1.50 bits per heavy atom. The summed E-state index contributed by atoms with van der Waals surface area (Å²) >= 11 is 0. The highest BCUT2D eigenvalue weighted by atomic mass is 16.4. The number of carbonyl (C=O) groups is 2. The van der Waals surface area contributed by atoms with Crippen LogP contribution in [-0.4, -0.2) is 28.6 Å². The van der Waals surface area contributed by atoms with E-state index in [0.717, 1.165) is 12.3 Å².